The number of benzene rings is 3. The van der Waals surface area contributed by atoms with Crippen molar-refractivity contribution in [3.05, 3.63) is 126 Å². The molecule has 1 unspecified atom stereocenters. The third-order valence-electron chi connectivity index (χ3n) is 7.64. The Hall–Kier alpha value is -5.00. The fourth-order valence-corrected chi connectivity index (χ4v) is 6.36. The number of hydrogen-bond acceptors (Lipinski definition) is 8. The largest absolute Gasteiger partial charge is 0.497 e. The number of fused-ring (bicyclic) bond motifs is 1. The van der Waals surface area contributed by atoms with E-state index in [9.17, 15) is 14.4 Å². The highest BCUT2D eigenvalue weighted by molar-refractivity contribution is 7.18. The van der Waals surface area contributed by atoms with Crippen molar-refractivity contribution in [2.24, 2.45) is 0 Å². The molecule has 0 radical (unpaired) electrons. The Bertz CT molecular complexity index is 2100. The zero-order valence-electron chi connectivity index (χ0n) is 24.4. The first-order valence-electron chi connectivity index (χ1n) is 14.1. The second-order valence-corrected chi connectivity index (χ2v) is 11.4. The summed E-state index contributed by atoms with van der Waals surface area (Å²) in [6.07, 6.45) is 0.241. The average Bonchev–Trinajstić information content (AvgIpc) is 3.70. The molecule has 0 aliphatic rings. The van der Waals surface area contributed by atoms with Crippen LogP contribution >= 0.6 is 11.3 Å². The predicted octanol–water partition coefficient (Wildman–Crippen LogP) is 5.24. The van der Waals surface area contributed by atoms with E-state index in [1.54, 1.807) is 18.8 Å². The van der Waals surface area contributed by atoms with Gasteiger partial charge in [-0.1, -0.05) is 72.7 Å². The van der Waals surface area contributed by atoms with Crippen LogP contribution < -0.4 is 21.7 Å². The first-order valence-corrected chi connectivity index (χ1v) is 14.9. The summed E-state index contributed by atoms with van der Waals surface area (Å²) in [5.41, 5.74) is 3.49. The number of nitrogens with one attached hydrogen (secondary N) is 1. The lowest BCUT2D eigenvalue weighted by Crippen LogP contribution is -2.41. The standard InChI is InChI=1S/C33H30N4O6S/c1-4-24-17-27-30(38)36(19-28(42-3)22-13-15-23(41-2)16-14-22)33(40)37(31(27)44-24)18-20-9-11-21(12-10-20)25-7-5-6-8-26(25)29-34-32(39)43-35-29/h5-17,28H,4,18-19H2,1-3H3,(H,34,35,39). The lowest BCUT2D eigenvalue weighted by Gasteiger charge is -2.19. The number of methoxy groups -OCH3 is 2. The maximum atomic E-state index is 14.0. The third kappa shape index (κ3) is 5.54. The van der Waals surface area contributed by atoms with Gasteiger partial charge in [-0.25, -0.2) is 9.59 Å². The van der Waals surface area contributed by atoms with Crippen LogP contribution in [0.25, 0.3) is 32.7 Å². The van der Waals surface area contributed by atoms with E-state index >= 15 is 0 Å². The molecule has 0 bridgehead atoms. The Morgan fingerprint density at radius 1 is 0.932 bits per heavy atom. The molecule has 224 valence electrons. The minimum Gasteiger partial charge on any atom is -0.497 e. The Morgan fingerprint density at radius 3 is 2.30 bits per heavy atom. The van der Waals surface area contributed by atoms with Gasteiger partial charge in [0.05, 0.1) is 25.6 Å². The fourth-order valence-electron chi connectivity index (χ4n) is 5.28. The van der Waals surface area contributed by atoms with Gasteiger partial charge in [0.1, 0.15) is 16.7 Å². The quantitative estimate of drug-likeness (QED) is 0.225. The van der Waals surface area contributed by atoms with Crippen molar-refractivity contribution < 1.29 is 14.0 Å². The highest BCUT2D eigenvalue weighted by atomic mass is 32.1. The van der Waals surface area contributed by atoms with Crippen LogP contribution in [-0.4, -0.2) is 33.5 Å². The summed E-state index contributed by atoms with van der Waals surface area (Å²) >= 11 is 1.47. The zero-order chi connectivity index (χ0) is 30.8. The van der Waals surface area contributed by atoms with Crippen molar-refractivity contribution in [3.63, 3.8) is 0 Å². The van der Waals surface area contributed by atoms with Gasteiger partial charge in [-0.3, -0.25) is 23.4 Å². The van der Waals surface area contributed by atoms with Gasteiger partial charge in [0.15, 0.2) is 5.82 Å². The minimum atomic E-state index is -0.621. The third-order valence-corrected chi connectivity index (χ3v) is 8.95. The van der Waals surface area contributed by atoms with Gasteiger partial charge >= 0.3 is 11.4 Å². The molecule has 3 aromatic carbocycles. The summed E-state index contributed by atoms with van der Waals surface area (Å²) < 4.78 is 18.7. The van der Waals surface area contributed by atoms with Crippen LogP contribution in [0.3, 0.4) is 0 Å². The molecule has 0 spiro atoms. The number of ether oxygens (including phenoxy) is 2. The summed E-state index contributed by atoms with van der Waals surface area (Å²) in [6.45, 7) is 2.37. The number of thiophene rings is 1. The van der Waals surface area contributed by atoms with Crippen molar-refractivity contribution in [2.45, 2.75) is 32.5 Å². The monoisotopic (exact) mass is 610 g/mol. The van der Waals surface area contributed by atoms with Crippen LogP contribution in [-0.2, 0) is 24.2 Å². The molecule has 3 heterocycles. The summed E-state index contributed by atoms with van der Waals surface area (Å²) in [4.78, 5) is 43.5. The number of aryl methyl sites for hydroxylation is 1. The Balaban J connectivity index is 1.37. The van der Waals surface area contributed by atoms with Crippen molar-refractivity contribution in [1.29, 1.82) is 0 Å². The van der Waals surface area contributed by atoms with Crippen LogP contribution in [0.4, 0.5) is 0 Å². The highest BCUT2D eigenvalue weighted by Gasteiger charge is 2.21. The van der Waals surface area contributed by atoms with Gasteiger partial charge in [-0.15, -0.1) is 11.3 Å². The molecule has 1 atom stereocenters. The average molecular weight is 611 g/mol. The van der Waals surface area contributed by atoms with E-state index < -0.39 is 17.5 Å². The molecule has 44 heavy (non-hydrogen) atoms. The molecule has 0 fully saturated rings. The first kappa shape index (κ1) is 29.1. The van der Waals surface area contributed by atoms with E-state index in [2.05, 4.69) is 10.1 Å². The number of H-pyrrole nitrogens is 1. The van der Waals surface area contributed by atoms with Crippen molar-refractivity contribution in [3.8, 4) is 28.3 Å². The van der Waals surface area contributed by atoms with Crippen LogP contribution in [0, 0.1) is 0 Å². The molecule has 3 aromatic heterocycles. The summed E-state index contributed by atoms with van der Waals surface area (Å²) in [7, 11) is 3.16. The summed E-state index contributed by atoms with van der Waals surface area (Å²) in [6, 6.07) is 24.7. The molecule has 10 nitrogen and oxygen atoms in total. The van der Waals surface area contributed by atoms with E-state index in [0.717, 1.165) is 39.1 Å². The predicted molar refractivity (Wildman–Crippen MR) is 170 cm³/mol. The van der Waals surface area contributed by atoms with Gasteiger partial charge in [0.25, 0.3) is 5.56 Å². The molecule has 0 aliphatic heterocycles. The normalized spacial score (nSPS) is 12.1. The number of aromatic amines is 1. The SMILES string of the molecule is CCc1cc2c(=O)n(CC(OC)c3ccc(OC)cc3)c(=O)n(Cc3ccc(-c4ccccc4-c4noc(=O)[nH]4)cc3)c2s1. The zero-order valence-corrected chi connectivity index (χ0v) is 25.2. The van der Waals surface area contributed by atoms with E-state index in [1.807, 2.05) is 85.8 Å². The van der Waals surface area contributed by atoms with Crippen LogP contribution in [0.2, 0.25) is 0 Å². The van der Waals surface area contributed by atoms with Gasteiger partial charge in [0, 0.05) is 17.6 Å². The van der Waals surface area contributed by atoms with Crippen LogP contribution in [0.5, 0.6) is 5.75 Å². The maximum absolute atomic E-state index is 14.0. The summed E-state index contributed by atoms with van der Waals surface area (Å²) in [5, 5.41) is 4.36. The highest BCUT2D eigenvalue weighted by Crippen LogP contribution is 2.30. The topological polar surface area (TPSA) is 121 Å². The Morgan fingerprint density at radius 2 is 1.66 bits per heavy atom. The van der Waals surface area contributed by atoms with Crippen molar-refractivity contribution >= 4 is 21.6 Å². The first-order chi connectivity index (χ1) is 21.4. The van der Waals surface area contributed by atoms with E-state index in [4.69, 9.17) is 14.0 Å². The minimum absolute atomic E-state index is 0.0631. The number of rotatable bonds is 10. The van der Waals surface area contributed by atoms with Crippen molar-refractivity contribution in [2.75, 3.05) is 14.2 Å². The number of hydrogen-bond donors (Lipinski definition) is 1. The Labute approximate surface area is 255 Å². The van der Waals surface area contributed by atoms with Crippen LogP contribution in [0.1, 0.15) is 29.0 Å². The van der Waals surface area contributed by atoms with Crippen LogP contribution in [0.15, 0.2) is 97.8 Å². The lowest BCUT2D eigenvalue weighted by molar-refractivity contribution is 0.0855. The van der Waals surface area contributed by atoms with Gasteiger partial charge < -0.3 is 9.47 Å². The Kier molecular flexibility index (Phi) is 8.14. The molecule has 11 heteroatoms. The van der Waals surface area contributed by atoms with Gasteiger partial charge in [-0.2, -0.15) is 0 Å². The lowest BCUT2D eigenvalue weighted by atomic mass is 9.98. The molecular formula is C33H30N4O6S. The molecule has 6 aromatic rings. The maximum Gasteiger partial charge on any atom is 0.439 e. The van der Waals surface area contributed by atoms with E-state index in [-0.39, 0.29) is 18.6 Å². The number of aromatic nitrogens is 4. The smallest absolute Gasteiger partial charge is 0.439 e. The molecule has 0 saturated heterocycles. The van der Waals surface area contributed by atoms with Crippen molar-refractivity contribution in [1.82, 2.24) is 19.3 Å². The molecular weight excluding hydrogens is 580 g/mol. The number of nitrogens with zero attached hydrogens (tertiary/aromatic N) is 3. The fraction of sp³-hybridized carbons (Fsp3) is 0.212. The summed E-state index contributed by atoms with van der Waals surface area (Å²) in [5.74, 6) is 0.431. The van der Waals surface area contributed by atoms with E-state index in [1.165, 1.54) is 15.9 Å². The molecule has 0 amide bonds. The molecule has 1 N–H and O–H groups in total. The molecule has 6 rings (SSSR count). The molecule has 0 aliphatic carbocycles. The van der Waals surface area contributed by atoms with E-state index in [0.29, 0.717) is 21.8 Å². The molecule has 0 saturated carbocycles. The van der Waals surface area contributed by atoms with Gasteiger partial charge in [-0.05, 0) is 46.9 Å². The van der Waals surface area contributed by atoms with Gasteiger partial charge in [0.2, 0.25) is 0 Å². The second kappa shape index (κ2) is 12.3. The second-order valence-electron chi connectivity index (χ2n) is 10.3.